The molecule has 3 aromatic carbocycles. The molecule has 5 rings (SSSR count). The minimum Gasteiger partial charge on any atom is -0.512 e. The van der Waals surface area contributed by atoms with E-state index >= 15 is 0 Å². The molecule has 0 bridgehead atoms. The van der Waals surface area contributed by atoms with E-state index in [1.54, 1.807) is 0 Å². The average Bonchev–Trinajstić information content (AvgIpc) is 3.36. The van der Waals surface area contributed by atoms with Crippen molar-refractivity contribution in [1.82, 2.24) is 4.98 Å². The van der Waals surface area contributed by atoms with Crippen LogP contribution < -0.4 is 0 Å². The van der Waals surface area contributed by atoms with Crippen molar-refractivity contribution >= 4 is 38.0 Å². The van der Waals surface area contributed by atoms with Gasteiger partial charge in [0, 0.05) is 59.5 Å². The largest absolute Gasteiger partial charge is 0.512 e. The molecule has 5 heteroatoms. The van der Waals surface area contributed by atoms with Gasteiger partial charge in [-0.25, -0.2) is 0 Å². The van der Waals surface area contributed by atoms with Gasteiger partial charge in [0.05, 0.1) is 5.76 Å². The monoisotopic (exact) mass is 853 g/mol. The standard InChI is InChI=1S/C31H30NS.C13H24O2.Ir/c1-18-14-19(2)27(20(3)15-18)29-21(4)24-12-13-32-28(30(24)33-29)23-16-22-10-8-9-11-25(22)26(17-23)31(5,6)7;1-5-10(6-2)12(14)9-13(15)11(7-3)8-4;/h8-15,17H,1-7H3;9-11,14H,5-8H2,1-4H3;/q-1;;/b;12-9-;. The molecule has 0 aliphatic rings. The van der Waals surface area contributed by atoms with Gasteiger partial charge in [-0.1, -0.05) is 95.3 Å². The summed E-state index contributed by atoms with van der Waals surface area (Å²) in [4.78, 5) is 18.0. The van der Waals surface area contributed by atoms with E-state index in [0.29, 0.717) is 0 Å². The van der Waals surface area contributed by atoms with Gasteiger partial charge in [-0.15, -0.1) is 40.5 Å². The number of aromatic nitrogens is 1. The van der Waals surface area contributed by atoms with Crippen LogP contribution in [0.15, 0.2) is 66.6 Å². The van der Waals surface area contributed by atoms with E-state index in [1.165, 1.54) is 59.8 Å². The summed E-state index contributed by atoms with van der Waals surface area (Å²) in [6.07, 6.45) is 6.86. The molecule has 0 amide bonds. The number of aliphatic hydroxyl groups is 1. The average molecular weight is 853 g/mol. The zero-order valence-corrected chi connectivity index (χ0v) is 34.5. The second-order valence-corrected chi connectivity index (χ2v) is 15.3. The quantitative estimate of drug-likeness (QED) is 0.0913. The minimum absolute atomic E-state index is 0. The number of carbonyl (C=O) groups excluding carboxylic acids is 1. The van der Waals surface area contributed by atoms with Crippen molar-refractivity contribution in [3.63, 3.8) is 0 Å². The van der Waals surface area contributed by atoms with Crippen LogP contribution in [0.2, 0.25) is 0 Å². The number of fused-ring (bicyclic) bond motifs is 2. The van der Waals surface area contributed by atoms with Gasteiger partial charge < -0.3 is 5.11 Å². The molecule has 2 aromatic heterocycles. The Morgan fingerprint density at radius 3 is 2.04 bits per heavy atom. The van der Waals surface area contributed by atoms with Crippen LogP contribution in [0.5, 0.6) is 0 Å². The Hall–Kier alpha value is -3.11. The molecule has 1 N–H and O–H groups in total. The van der Waals surface area contributed by atoms with Gasteiger partial charge in [-0.2, -0.15) is 0 Å². The number of carbonyl (C=O) groups is 1. The van der Waals surface area contributed by atoms with Crippen LogP contribution in [0.4, 0.5) is 0 Å². The zero-order chi connectivity index (χ0) is 35.3. The van der Waals surface area contributed by atoms with Crippen LogP contribution in [0, 0.1) is 45.6 Å². The van der Waals surface area contributed by atoms with Crippen molar-refractivity contribution in [2.45, 2.75) is 107 Å². The Balaban J connectivity index is 0.000000347. The van der Waals surface area contributed by atoms with Crippen LogP contribution >= 0.6 is 11.3 Å². The Morgan fingerprint density at radius 1 is 0.878 bits per heavy atom. The van der Waals surface area contributed by atoms with Gasteiger partial charge in [0.15, 0.2) is 5.78 Å². The normalized spacial score (nSPS) is 12.0. The molecule has 0 saturated heterocycles. The third kappa shape index (κ3) is 8.98. The van der Waals surface area contributed by atoms with Gasteiger partial charge in [-0.05, 0) is 92.5 Å². The second kappa shape index (κ2) is 17.2. The summed E-state index contributed by atoms with van der Waals surface area (Å²) in [5.74, 6) is 0.547. The third-order valence-electron chi connectivity index (χ3n) is 9.68. The number of allylic oxidation sites excluding steroid dienone is 2. The van der Waals surface area contributed by atoms with Crippen LogP contribution in [0.25, 0.3) is 42.6 Å². The second-order valence-electron chi connectivity index (χ2n) is 14.3. The first-order valence-electron chi connectivity index (χ1n) is 17.6. The molecule has 2 heterocycles. The molecule has 5 aromatic rings. The number of rotatable bonds is 9. The number of benzene rings is 3. The Morgan fingerprint density at radius 2 is 1.47 bits per heavy atom. The summed E-state index contributed by atoms with van der Waals surface area (Å²) in [5, 5.41) is 13.5. The number of aryl methyl sites for hydroxylation is 4. The van der Waals surface area contributed by atoms with E-state index in [1.807, 2.05) is 45.2 Å². The maximum Gasteiger partial charge on any atom is 0.162 e. The van der Waals surface area contributed by atoms with E-state index in [-0.39, 0.29) is 48.9 Å². The third-order valence-corrected chi connectivity index (χ3v) is 11.0. The van der Waals surface area contributed by atoms with Crippen molar-refractivity contribution in [1.29, 1.82) is 0 Å². The number of pyridine rings is 1. The summed E-state index contributed by atoms with van der Waals surface area (Å²) in [7, 11) is 0. The molecule has 49 heavy (non-hydrogen) atoms. The van der Waals surface area contributed by atoms with Crippen LogP contribution in [-0.4, -0.2) is 15.9 Å². The first-order chi connectivity index (χ1) is 22.7. The van der Waals surface area contributed by atoms with E-state index in [2.05, 4.69) is 103 Å². The predicted octanol–water partition coefficient (Wildman–Crippen LogP) is 13.0. The molecule has 263 valence electrons. The van der Waals surface area contributed by atoms with Gasteiger partial charge in [-0.3, -0.25) is 9.78 Å². The Kier molecular flexibility index (Phi) is 14.2. The fourth-order valence-corrected chi connectivity index (χ4v) is 8.36. The SMILES string of the molecule is CCC(CC)C(=O)/C=C(\O)C(CC)CC.Cc1cc(C)c(-c2sc3c(-c4[c-]c5ccccc5c(C(C)(C)C)c4)nccc3c2C)c(C)c1.[Ir]. The van der Waals surface area contributed by atoms with Crippen LogP contribution in [0.3, 0.4) is 0 Å². The van der Waals surface area contributed by atoms with E-state index < -0.39 is 0 Å². The first-order valence-corrected chi connectivity index (χ1v) is 18.4. The maximum atomic E-state index is 11.7. The summed E-state index contributed by atoms with van der Waals surface area (Å²) < 4.78 is 1.25. The molecular formula is C44H54IrNO2S-. The molecule has 0 unspecified atom stereocenters. The van der Waals surface area contributed by atoms with Crippen molar-refractivity contribution in [3.8, 4) is 21.7 Å². The predicted molar refractivity (Wildman–Crippen MR) is 208 cm³/mol. The van der Waals surface area contributed by atoms with Crippen molar-refractivity contribution in [3.05, 3.63) is 100 Å². The number of ketones is 1. The summed E-state index contributed by atoms with van der Waals surface area (Å²) in [6.45, 7) is 23.8. The number of thiophene rings is 1. The molecule has 0 saturated carbocycles. The fourth-order valence-electron chi connectivity index (χ4n) is 6.87. The number of aliphatic hydroxyl groups excluding tert-OH is 1. The summed E-state index contributed by atoms with van der Waals surface area (Å²) in [6, 6.07) is 21.3. The van der Waals surface area contributed by atoms with E-state index in [0.717, 1.165) is 42.3 Å². The van der Waals surface area contributed by atoms with Gasteiger partial charge in [0.1, 0.15) is 0 Å². The van der Waals surface area contributed by atoms with Crippen LogP contribution in [0.1, 0.15) is 102 Å². The van der Waals surface area contributed by atoms with Crippen molar-refractivity contribution in [2.24, 2.45) is 11.8 Å². The molecule has 0 aliphatic heterocycles. The number of nitrogens with zero attached hydrogens (tertiary/aromatic N) is 1. The Bertz CT molecular complexity index is 1910. The van der Waals surface area contributed by atoms with E-state index in [9.17, 15) is 9.90 Å². The molecule has 3 nitrogen and oxygen atoms in total. The topological polar surface area (TPSA) is 50.2 Å². The smallest absolute Gasteiger partial charge is 0.162 e. The minimum atomic E-state index is 0. The van der Waals surface area contributed by atoms with Crippen LogP contribution in [-0.2, 0) is 30.3 Å². The molecule has 0 fully saturated rings. The number of hydrogen-bond donors (Lipinski definition) is 1. The van der Waals surface area contributed by atoms with Crippen molar-refractivity contribution < 1.29 is 30.0 Å². The van der Waals surface area contributed by atoms with Gasteiger partial charge in [0.25, 0.3) is 0 Å². The summed E-state index contributed by atoms with van der Waals surface area (Å²) >= 11 is 1.87. The number of hydrogen-bond acceptors (Lipinski definition) is 4. The molecule has 1 radical (unpaired) electrons. The van der Waals surface area contributed by atoms with Crippen molar-refractivity contribution in [2.75, 3.05) is 0 Å². The van der Waals surface area contributed by atoms with Gasteiger partial charge >= 0.3 is 0 Å². The Labute approximate surface area is 312 Å². The first kappa shape index (κ1) is 40.3. The maximum absolute atomic E-state index is 11.7. The van der Waals surface area contributed by atoms with E-state index in [4.69, 9.17) is 4.98 Å². The fraction of sp³-hybridized carbons (Fsp3) is 0.409. The zero-order valence-electron chi connectivity index (χ0n) is 31.3. The summed E-state index contributed by atoms with van der Waals surface area (Å²) in [5.41, 5.74) is 10.2. The molecule has 0 spiro atoms. The molecule has 0 aliphatic carbocycles. The molecule has 0 atom stereocenters. The van der Waals surface area contributed by atoms with Gasteiger partial charge in [0.2, 0.25) is 0 Å². The molecular weight excluding hydrogens is 799 g/mol.